The monoisotopic (exact) mass is 496 g/mol. The van der Waals surface area contributed by atoms with Gasteiger partial charge in [-0.15, -0.1) is 11.3 Å². The van der Waals surface area contributed by atoms with Crippen molar-refractivity contribution in [3.63, 3.8) is 0 Å². The zero-order chi connectivity index (χ0) is 24.8. The third kappa shape index (κ3) is 5.70. The van der Waals surface area contributed by atoms with Crippen LogP contribution in [-0.4, -0.2) is 39.6 Å². The summed E-state index contributed by atoms with van der Waals surface area (Å²) in [6.07, 6.45) is 5.56. The molecule has 0 unspecified atom stereocenters. The molecule has 35 heavy (non-hydrogen) atoms. The fourth-order valence-corrected chi connectivity index (χ4v) is 4.79. The van der Waals surface area contributed by atoms with Gasteiger partial charge in [-0.1, -0.05) is 25.1 Å². The van der Waals surface area contributed by atoms with Gasteiger partial charge in [0.2, 0.25) is 11.9 Å². The highest BCUT2D eigenvalue weighted by atomic mass is 32.1. The Hall–Kier alpha value is -3.67. The number of nitrogens with two attached hydrogens (primary N) is 2. The Morgan fingerprint density at radius 1 is 1.14 bits per heavy atom. The van der Waals surface area contributed by atoms with Gasteiger partial charge in [-0.3, -0.25) is 0 Å². The molecule has 0 aliphatic heterocycles. The first-order valence-corrected chi connectivity index (χ1v) is 11.9. The molecule has 3 heterocycles. The van der Waals surface area contributed by atoms with E-state index in [1.54, 1.807) is 6.20 Å². The van der Waals surface area contributed by atoms with E-state index in [1.165, 1.54) is 34.8 Å². The van der Waals surface area contributed by atoms with Crippen LogP contribution in [0, 0.1) is 11.8 Å². The van der Waals surface area contributed by atoms with Crippen LogP contribution in [-0.2, 0) is 6.54 Å². The molecule has 0 saturated carbocycles. The van der Waals surface area contributed by atoms with E-state index in [2.05, 4.69) is 25.6 Å². The van der Waals surface area contributed by atoms with Crippen molar-refractivity contribution >= 4 is 27.4 Å². The minimum atomic E-state index is -0.551. The molecule has 0 aliphatic rings. The predicted molar refractivity (Wildman–Crippen MR) is 136 cm³/mol. The highest BCUT2D eigenvalue weighted by Crippen LogP contribution is 2.40. The fraction of sp³-hybridized carbons (Fsp3) is 0.208. The number of hydrazine groups is 1. The van der Waals surface area contributed by atoms with E-state index in [4.69, 9.17) is 11.6 Å². The summed E-state index contributed by atoms with van der Waals surface area (Å²) in [5.41, 5.74) is 8.00. The summed E-state index contributed by atoms with van der Waals surface area (Å²) in [5.74, 6) is 4.95. The summed E-state index contributed by atoms with van der Waals surface area (Å²) in [7, 11) is 0. The number of halogens is 2. The topological polar surface area (TPSA) is 118 Å². The lowest BCUT2D eigenvalue weighted by Crippen LogP contribution is -2.30. The lowest BCUT2D eigenvalue weighted by molar-refractivity contribution is 0.408. The van der Waals surface area contributed by atoms with Gasteiger partial charge in [0, 0.05) is 48.0 Å². The molecule has 0 bridgehead atoms. The molecule has 8 nitrogen and oxygen atoms in total. The molecule has 6 N–H and O–H groups in total. The Kier molecular flexibility index (Phi) is 7.80. The van der Waals surface area contributed by atoms with Crippen LogP contribution in [0.3, 0.4) is 0 Å². The lowest BCUT2D eigenvalue weighted by atomic mass is 10.0. The zero-order valence-electron chi connectivity index (χ0n) is 19.1. The Bertz CT molecular complexity index is 1340. The van der Waals surface area contributed by atoms with Gasteiger partial charge in [0.1, 0.15) is 5.69 Å². The number of anilines is 1. The van der Waals surface area contributed by atoms with E-state index >= 15 is 0 Å². The number of benzene rings is 1. The molecule has 0 aliphatic carbocycles. The van der Waals surface area contributed by atoms with Crippen molar-refractivity contribution in [3.05, 3.63) is 72.5 Å². The summed E-state index contributed by atoms with van der Waals surface area (Å²) < 4.78 is 29.8. The van der Waals surface area contributed by atoms with Gasteiger partial charge in [0.05, 0.1) is 17.6 Å². The van der Waals surface area contributed by atoms with Gasteiger partial charge in [-0.05, 0) is 29.1 Å². The largest absolute Gasteiger partial charge is 0.403 e. The standard InChI is InChI=1S/C24H26F2N8S/c1-2-29-12-16-13-31-21(26)11-18(16)17-5-3-4-15-10-20(35-23(15)17)22-19(25)14-32-24(33-22)30-7-9-34(28)8-6-27/h3-6,8,10-11,13-14,29H,2,7,9,12,27-28H2,1H3,(H,30,32,33)/b8-6-. The molecule has 0 spiro atoms. The van der Waals surface area contributed by atoms with Crippen LogP contribution in [0.5, 0.6) is 0 Å². The Morgan fingerprint density at radius 2 is 2.00 bits per heavy atom. The van der Waals surface area contributed by atoms with E-state index in [9.17, 15) is 8.78 Å². The van der Waals surface area contributed by atoms with Crippen LogP contribution in [0.25, 0.3) is 31.8 Å². The zero-order valence-corrected chi connectivity index (χ0v) is 19.9. The van der Waals surface area contributed by atoms with Crippen molar-refractivity contribution in [2.45, 2.75) is 13.5 Å². The van der Waals surface area contributed by atoms with E-state index in [-0.39, 0.29) is 11.6 Å². The van der Waals surface area contributed by atoms with Crippen molar-refractivity contribution in [2.24, 2.45) is 11.6 Å². The molecular weight excluding hydrogens is 470 g/mol. The van der Waals surface area contributed by atoms with E-state index in [0.29, 0.717) is 24.5 Å². The second-order valence-corrected chi connectivity index (χ2v) is 8.73. The molecule has 4 rings (SSSR count). The smallest absolute Gasteiger partial charge is 0.223 e. The first-order chi connectivity index (χ1) is 17.0. The number of hydrogen-bond acceptors (Lipinski definition) is 9. The van der Waals surface area contributed by atoms with Crippen LogP contribution in [0.1, 0.15) is 12.5 Å². The van der Waals surface area contributed by atoms with Crippen molar-refractivity contribution < 1.29 is 8.78 Å². The van der Waals surface area contributed by atoms with E-state index in [1.807, 2.05) is 31.2 Å². The molecule has 0 radical (unpaired) electrons. The van der Waals surface area contributed by atoms with Crippen LogP contribution >= 0.6 is 11.3 Å². The van der Waals surface area contributed by atoms with Gasteiger partial charge >= 0.3 is 0 Å². The number of nitrogens with one attached hydrogen (secondary N) is 2. The molecule has 0 amide bonds. The maximum Gasteiger partial charge on any atom is 0.223 e. The fourth-order valence-electron chi connectivity index (χ4n) is 3.61. The predicted octanol–water partition coefficient (Wildman–Crippen LogP) is 3.83. The maximum absolute atomic E-state index is 14.8. The summed E-state index contributed by atoms with van der Waals surface area (Å²) in [6.45, 7) is 4.23. The van der Waals surface area contributed by atoms with Gasteiger partial charge < -0.3 is 21.4 Å². The number of pyridine rings is 1. The van der Waals surface area contributed by atoms with Crippen LogP contribution in [0.15, 0.2) is 55.1 Å². The van der Waals surface area contributed by atoms with E-state index < -0.39 is 11.8 Å². The van der Waals surface area contributed by atoms with Crippen molar-refractivity contribution in [3.8, 4) is 21.7 Å². The number of hydrogen-bond donors (Lipinski definition) is 4. The van der Waals surface area contributed by atoms with Gasteiger partial charge in [0.15, 0.2) is 5.82 Å². The number of aromatic nitrogens is 3. The van der Waals surface area contributed by atoms with Gasteiger partial charge in [0.25, 0.3) is 0 Å². The molecule has 1 aromatic carbocycles. The Morgan fingerprint density at radius 3 is 2.80 bits per heavy atom. The molecule has 0 atom stereocenters. The minimum absolute atomic E-state index is 0.190. The number of nitrogens with zero attached hydrogens (tertiary/aromatic N) is 4. The molecule has 4 aromatic rings. The first kappa shape index (κ1) is 24.5. The third-order valence-corrected chi connectivity index (χ3v) is 6.45. The molecule has 0 fully saturated rings. The number of fused-ring (bicyclic) bond motifs is 1. The quantitative estimate of drug-likeness (QED) is 0.149. The molecule has 3 aromatic heterocycles. The summed E-state index contributed by atoms with van der Waals surface area (Å²) >= 11 is 1.40. The molecule has 0 saturated heterocycles. The summed E-state index contributed by atoms with van der Waals surface area (Å²) in [4.78, 5) is 12.9. The second kappa shape index (κ2) is 11.2. The minimum Gasteiger partial charge on any atom is -0.403 e. The SMILES string of the molecule is CCNCc1cnc(F)cc1-c1cccc2cc(-c3nc(NCCN(N)/C=C\N)ncc3F)sc12. The second-order valence-electron chi connectivity index (χ2n) is 7.68. The average molecular weight is 497 g/mol. The van der Waals surface area contributed by atoms with Gasteiger partial charge in [-0.25, -0.2) is 25.2 Å². The third-order valence-electron chi connectivity index (χ3n) is 5.26. The van der Waals surface area contributed by atoms with E-state index in [0.717, 1.165) is 39.5 Å². The Balaban J connectivity index is 1.68. The first-order valence-electron chi connectivity index (χ1n) is 11.0. The average Bonchev–Trinajstić information content (AvgIpc) is 3.29. The van der Waals surface area contributed by atoms with Crippen molar-refractivity contribution in [1.82, 2.24) is 25.3 Å². The van der Waals surface area contributed by atoms with Crippen molar-refractivity contribution in [1.29, 1.82) is 0 Å². The number of thiophene rings is 1. The molecular formula is C24H26F2N8S. The van der Waals surface area contributed by atoms with Crippen LogP contribution < -0.4 is 22.2 Å². The Labute approximate surface area is 205 Å². The summed E-state index contributed by atoms with van der Waals surface area (Å²) in [6, 6.07) is 9.10. The van der Waals surface area contributed by atoms with Crippen LogP contribution in [0.2, 0.25) is 0 Å². The van der Waals surface area contributed by atoms with Gasteiger partial charge in [-0.2, -0.15) is 4.39 Å². The maximum atomic E-state index is 14.8. The molecule has 11 heteroatoms. The molecule has 182 valence electrons. The highest BCUT2D eigenvalue weighted by molar-refractivity contribution is 7.22. The summed E-state index contributed by atoms with van der Waals surface area (Å²) in [5, 5.41) is 8.63. The van der Waals surface area contributed by atoms with Crippen molar-refractivity contribution in [2.75, 3.05) is 25.0 Å². The number of rotatable bonds is 10. The highest BCUT2D eigenvalue weighted by Gasteiger charge is 2.17. The van der Waals surface area contributed by atoms with Crippen LogP contribution in [0.4, 0.5) is 14.7 Å². The normalized spacial score (nSPS) is 11.4. The lowest BCUT2D eigenvalue weighted by Gasteiger charge is -2.13.